The normalized spacial score (nSPS) is 12.2. The zero-order valence-electron chi connectivity index (χ0n) is 41.3. The van der Waals surface area contributed by atoms with Crippen LogP contribution in [0.15, 0.2) is 0 Å². The summed E-state index contributed by atoms with van der Waals surface area (Å²) in [7, 11) is 0. The van der Waals surface area contributed by atoms with Crippen molar-refractivity contribution in [3.8, 4) is 0 Å². The number of hydrogen-bond donors (Lipinski definition) is 0. The molecular formula is C54H104O6. The Balaban J connectivity index is 4.30. The van der Waals surface area contributed by atoms with Gasteiger partial charge in [0.15, 0.2) is 6.10 Å². The molecule has 0 amide bonds. The standard InChI is InChI=1S/C54H104O6/c1-48(2)40-34-28-22-16-12-8-7-9-15-19-27-33-39-45-54(57)60-51(47-59-53(56)44-38-32-26-21-20-24-30-36-42-50(5)6)46-58-52(55)43-37-31-25-18-14-11-10-13-17-23-29-35-41-49(3)4/h48-51H,7-47H2,1-6H3/t51-/m0/s1. The lowest BCUT2D eigenvalue weighted by atomic mass is 10.0. The summed E-state index contributed by atoms with van der Waals surface area (Å²) in [6.45, 7) is 13.7. The van der Waals surface area contributed by atoms with E-state index in [-0.39, 0.29) is 31.1 Å². The summed E-state index contributed by atoms with van der Waals surface area (Å²) < 4.78 is 16.8. The van der Waals surface area contributed by atoms with Crippen molar-refractivity contribution in [2.45, 2.75) is 298 Å². The van der Waals surface area contributed by atoms with Crippen molar-refractivity contribution < 1.29 is 28.6 Å². The molecule has 0 aromatic heterocycles. The summed E-state index contributed by atoms with van der Waals surface area (Å²) >= 11 is 0. The molecule has 0 aliphatic heterocycles. The summed E-state index contributed by atoms with van der Waals surface area (Å²) in [5.41, 5.74) is 0. The highest BCUT2D eigenvalue weighted by molar-refractivity contribution is 5.71. The maximum atomic E-state index is 12.8. The lowest BCUT2D eigenvalue weighted by Crippen LogP contribution is -2.30. The molecule has 0 unspecified atom stereocenters. The quantitative estimate of drug-likeness (QED) is 0.0345. The van der Waals surface area contributed by atoms with Crippen molar-refractivity contribution in [1.29, 1.82) is 0 Å². The van der Waals surface area contributed by atoms with Gasteiger partial charge in [0.25, 0.3) is 0 Å². The fraction of sp³-hybridized carbons (Fsp3) is 0.944. The van der Waals surface area contributed by atoms with Gasteiger partial charge in [0.1, 0.15) is 13.2 Å². The number of esters is 3. The fourth-order valence-corrected chi connectivity index (χ4v) is 8.12. The molecule has 0 rings (SSSR count). The average Bonchev–Trinajstić information content (AvgIpc) is 3.20. The summed E-state index contributed by atoms with van der Waals surface area (Å²) in [4.78, 5) is 38.0. The van der Waals surface area contributed by atoms with Crippen LogP contribution in [-0.4, -0.2) is 37.2 Å². The largest absolute Gasteiger partial charge is 0.462 e. The van der Waals surface area contributed by atoms with Gasteiger partial charge in [-0.1, -0.05) is 253 Å². The highest BCUT2D eigenvalue weighted by Crippen LogP contribution is 2.18. The van der Waals surface area contributed by atoms with E-state index in [4.69, 9.17) is 14.2 Å². The van der Waals surface area contributed by atoms with Crippen LogP contribution in [0.3, 0.4) is 0 Å². The molecule has 60 heavy (non-hydrogen) atoms. The smallest absolute Gasteiger partial charge is 0.306 e. The Morgan fingerprint density at radius 2 is 0.483 bits per heavy atom. The Labute approximate surface area is 374 Å². The van der Waals surface area contributed by atoms with Gasteiger partial charge in [-0.2, -0.15) is 0 Å². The molecule has 0 N–H and O–H groups in total. The molecule has 0 aromatic carbocycles. The third-order valence-electron chi connectivity index (χ3n) is 12.1. The molecule has 0 radical (unpaired) electrons. The molecule has 0 bridgehead atoms. The van der Waals surface area contributed by atoms with E-state index in [9.17, 15) is 14.4 Å². The first-order chi connectivity index (χ1) is 29.1. The number of unbranched alkanes of at least 4 members (excludes halogenated alkanes) is 30. The summed E-state index contributed by atoms with van der Waals surface area (Å²) in [5, 5.41) is 0. The van der Waals surface area contributed by atoms with E-state index in [2.05, 4.69) is 41.5 Å². The van der Waals surface area contributed by atoms with Gasteiger partial charge in [0.05, 0.1) is 0 Å². The minimum Gasteiger partial charge on any atom is -0.462 e. The van der Waals surface area contributed by atoms with Crippen molar-refractivity contribution >= 4 is 17.9 Å². The maximum Gasteiger partial charge on any atom is 0.306 e. The SMILES string of the molecule is CC(C)CCCCCCCCCCCCCCCC(=O)O[C@@H](COC(=O)CCCCCCCCCCCCCCC(C)C)COC(=O)CCCCCCCCCCC(C)C. The van der Waals surface area contributed by atoms with Crippen molar-refractivity contribution in [2.24, 2.45) is 17.8 Å². The molecule has 1 atom stereocenters. The van der Waals surface area contributed by atoms with Crippen LogP contribution in [0.25, 0.3) is 0 Å². The van der Waals surface area contributed by atoms with E-state index in [1.807, 2.05) is 0 Å². The second kappa shape index (κ2) is 45.4. The van der Waals surface area contributed by atoms with Gasteiger partial charge >= 0.3 is 17.9 Å². The molecule has 356 valence electrons. The maximum absolute atomic E-state index is 12.8. The molecule has 0 saturated heterocycles. The van der Waals surface area contributed by atoms with Gasteiger partial charge in [-0.25, -0.2) is 0 Å². The second-order valence-electron chi connectivity index (χ2n) is 19.9. The van der Waals surface area contributed by atoms with Crippen LogP contribution in [0.5, 0.6) is 0 Å². The number of ether oxygens (including phenoxy) is 3. The molecule has 6 heteroatoms. The van der Waals surface area contributed by atoms with Crippen molar-refractivity contribution in [3.05, 3.63) is 0 Å². The first kappa shape index (κ1) is 58.4. The van der Waals surface area contributed by atoms with E-state index in [1.54, 1.807) is 0 Å². The van der Waals surface area contributed by atoms with Gasteiger partial charge in [0, 0.05) is 19.3 Å². The van der Waals surface area contributed by atoms with Crippen LogP contribution < -0.4 is 0 Å². The minimum atomic E-state index is -0.763. The topological polar surface area (TPSA) is 78.9 Å². The van der Waals surface area contributed by atoms with Gasteiger partial charge in [-0.3, -0.25) is 14.4 Å². The minimum absolute atomic E-state index is 0.0646. The third kappa shape index (κ3) is 47.5. The van der Waals surface area contributed by atoms with E-state index in [0.29, 0.717) is 19.3 Å². The Morgan fingerprint density at radius 1 is 0.283 bits per heavy atom. The van der Waals surface area contributed by atoms with E-state index in [1.165, 1.54) is 173 Å². The van der Waals surface area contributed by atoms with Crippen LogP contribution >= 0.6 is 0 Å². The lowest BCUT2D eigenvalue weighted by Gasteiger charge is -2.18. The zero-order chi connectivity index (χ0) is 44.2. The number of carbonyl (C=O) groups is 3. The van der Waals surface area contributed by atoms with Crippen LogP contribution in [0.4, 0.5) is 0 Å². The highest BCUT2D eigenvalue weighted by atomic mass is 16.6. The van der Waals surface area contributed by atoms with Gasteiger partial charge < -0.3 is 14.2 Å². The number of hydrogen-bond acceptors (Lipinski definition) is 6. The van der Waals surface area contributed by atoms with Gasteiger partial charge in [-0.15, -0.1) is 0 Å². The predicted octanol–water partition coefficient (Wildman–Crippen LogP) is 17.2. The second-order valence-corrected chi connectivity index (χ2v) is 19.9. The summed E-state index contributed by atoms with van der Waals surface area (Å²) in [6, 6.07) is 0. The first-order valence-corrected chi connectivity index (χ1v) is 26.6. The molecule has 0 heterocycles. The molecule has 0 aromatic rings. The molecule has 0 fully saturated rings. The van der Waals surface area contributed by atoms with Crippen molar-refractivity contribution in [3.63, 3.8) is 0 Å². The van der Waals surface area contributed by atoms with Crippen LogP contribution in [0.2, 0.25) is 0 Å². The molecule has 0 aliphatic carbocycles. The summed E-state index contributed by atoms with van der Waals surface area (Å²) in [6.07, 6.45) is 45.2. The first-order valence-electron chi connectivity index (χ1n) is 26.6. The summed E-state index contributed by atoms with van der Waals surface area (Å²) in [5.74, 6) is 1.62. The Morgan fingerprint density at radius 3 is 0.717 bits per heavy atom. The average molecular weight is 849 g/mol. The molecular weight excluding hydrogens is 745 g/mol. The number of rotatable bonds is 47. The van der Waals surface area contributed by atoms with Crippen LogP contribution in [0.1, 0.15) is 292 Å². The van der Waals surface area contributed by atoms with Crippen molar-refractivity contribution in [2.75, 3.05) is 13.2 Å². The Hall–Kier alpha value is -1.59. The fourth-order valence-electron chi connectivity index (χ4n) is 8.12. The monoisotopic (exact) mass is 849 g/mol. The van der Waals surface area contributed by atoms with Crippen LogP contribution in [-0.2, 0) is 28.6 Å². The van der Waals surface area contributed by atoms with Crippen molar-refractivity contribution in [1.82, 2.24) is 0 Å². The predicted molar refractivity (Wildman–Crippen MR) is 256 cm³/mol. The highest BCUT2D eigenvalue weighted by Gasteiger charge is 2.19. The van der Waals surface area contributed by atoms with E-state index in [0.717, 1.165) is 75.5 Å². The van der Waals surface area contributed by atoms with Gasteiger partial charge in [0.2, 0.25) is 0 Å². The van der Waals surface area contributed by atoms with E-state index < -0.39 is 6.10 Å². The lowest BCUT2D eigenvalue weighted by molar-refractivity contribution is -0.167. The molecule has 0 aliphatic rings. The molecule has 6 nitrogen and oxygen atoms in total. The molecule has 0 spiro atoms. The Kier molecular flexibility index (Phi) is 44.2. The Bertz CT molecular complexity index is 929. The number of carbonyl (C=O) groups excluding carboxylic acids is 3. The zero-order valence-corrected chi connectivity index (χ0v) is 41.3. The van der Waals surface area contributed by atoms with Crippen LogP contribution in [0, 0.1) is 17.8 Å². The van der Waals surface area contributed by atoms with E-state index >= 15 is 0 Å². The third-order valence-corrected chi connectivity index (χ3v) is 12.1. The van der Waals surface area contributed by atoms with Gasteiger partial charge in [-0.05, 0) is 37.0 Å². The molecule has 0 saturated carbocycles.